The van der Waals surface area contributed by atoms with Gasteiger partial charge in [0.05, 0.1) is 0 Å². The number of nitrogens with zero attached hydrogens (tertiary/aromatic N) is 2. The summed E-state index contributed by atoms with van der Waals surface area (Å²) in [6, 6.07) is 0. The lowest BCUT2D eigenvalue weighted by Crippen LogP contribution is -2.35. The van der Waals surface area contributed by atoms with Gasteiger partial charge in [0.15, 0.2) is 0 Å². The van der Waals surface area contributed by atoms with Crippen molar-refractivity contribution in [1.82, 2.24) is 15.3 Å². The van der Waals surface area contributed by atoms with Crippen LogP contribution in [-0.4, -0.2) is 22.1 Å². The molecule has 4 heteroatoms. The molecule has 16 heavy (non-hydrogen) atoms. The van der Waals surface area contributed by atoms with Gasteiger partial charge in [-0.05, 0) is 34.6 Å². The van der Waals surface area contributed by atoms with Gasteiger partial charge in [-0.1, -0.05) is 0 Å². The normalized spacial score (nSPS) is 11.6. The molecule has 0 amide bonds. The van der Waals surface area contributed by atoms with E-state index in [9.17, 15) is 0 Å². The Labute approximate surface area is 97.9 Å². The third kappa shape index (κ3) is 4.14. The third-order valence-electron chi connectivity index (χ3n) is 2.23. The van der Waals surface area contributed by atoms with Crippen LogP contribution < -0.4 is 10.6 Å². The van der Waals surface area contributed by atoms with Crippen molar-refractivity contribution in [3.63, 3.8) is 0 Å². The predicted octanol–water partition coefficient (Wildman–Crippen LogP) is 2.10. The Morgan fingerprint density at radius 2 is 2.00 bits per heavy atom. The van der Waals surface area contributed by atoms with Crippen LogP contribution in [0.4, 0.5) is 5.95 Å². The maximum Gasteiger partial charge on any atom is 0.222 e. The lowest BCUT2D eigenvalue weighted by atomic mass is 10.1. The molecule has 0 radical (unpaired) electrons. The molecule has 0 aliphatic rings. The number of anilines is 1. The van der Waals surface area contributed by atoms with Crippen molar-refractivity contribution >= 4 is 5.95 Å². The van der Waals surface area contributed by atoms with Crippen LogP contribution >= 0.6 is 0 Å². The van der Waals surface area contributed by atoms with E-state index in [0.717, 1.165) is 24.3 Å². The number of hydrogen-bond acceptors (Lipinski definition) is 4. The minimum atomic E-state index is 0.118. The molecule has 2 N–H and O–H groups in total. The van der Waals surface area contributed by atoms with Gasteiger partial charge in [-0.15, -0.1) is 0 Å². The Bertz CT molecular complexity index is 341. The Kier molecular flexibility index (Phi) is 4.24. The third-order valence-corrected chi connectivity index (χ3v) is 2.23. The highest BCUT2D eigenvalue weighted by Crippen LogP contribution is 2.08. The summed E-state index contributed by atoms with van der Waals surface area (Å²) in [6.45, 7) is 12.2. The van der Waals surface area contributed by atoms with Gasteiger partial charge in [0.2, 0.25) is 5.95 Å². The van der Waals surface area contributed by atoms with Crippen LogP contribution in [0.5, 0.6) is 0 Å². The fourth-order valence-electron chi connectivity index (χ4n) is 1.27. The van der Waals surface area contributed by atoms with E-state index >= 15 is 0 Å². The van der Waals surface area contributed by atoms with E-state index in [0.29, 0.717) is 5.95 Å². The molecule has 0 spiro atoms. The first-order chi connectivity index (χ1) is 7.42. The standard InChI is InChI=1S/C12H22N4/c1-6-13-11-14-7-10(9(2)16-11)8-15-12(3,4)5/h7,15H,6,8H2,1-5H3,(H,13,14,16). The first-order valence-corrected chi connectivity index (χ1v) is 5.74. The summed E-state index contributed by atoms with van der Waals surface area (Å²) in [5, 5.41) is 6.54. The molecule has 0 fully saturated rings. The lowest BCUT2D eigenvalue weighted by molar-refractivity contribution is 0.423. The van der Waals surface area contributed by atoms with Gasteiger partial charge in [0.1, 0.15) is 0 Å². The predicted molar refractivity (Wildman–Crippen MR) is 67.5 cm³/mol. The lowest BCUT2D eigenvalue weighted by Gasteiger charge is -2.21. The second kappa shape index (κ2) is 5.25. The molecule has 0 saturated carbocycles. The number of nitrogens with one attached hydrogen (secondary N) is 2. The molecule has 1 heterocycles. The van der Waals surface area contributed by atoms with Crippen LogP contribution in [0.1, 0.15) is 39.0 Å². The highest BCUT2D eigenvalue weighted by molar-refractivity contribution is 5.28. The van der Waals surface area contributed by atoms with Gasteiger partial charge < -0.3 is 10.6 Å². The molecule has 0 aliphatic carbocycles. The topological polar surface area (TPSA) is 49.8 Å². The minimum absolute atomic E-state index is 0.118. The van der Waals surface area contributed by atoms with Gasteiger partial charge in [0, 0.05) is 36.1 Å². The quantitative estimate of drug-likeness (QED) is 0.819. The van der Waals surface area contributed by atoms with E-state index < -0.39 is 0 Å². The van der Waals surface area contributed by atoms with E-state index in [2.05, 4.69) is 41.4 Å². The molecular formula is C12H22N4. The van der Waals surface area contributed by atoms with Gasteiger partial charge in [-0.2, -0.15) is 0 Å². The fraction of sp³-hybridized carbons (Fsp3) is 0.667. The van der Waals surface area contributed by atoms with E-state index in [-0.39, 0.29) is 5.54 Å². The van der Waals surface area contributed by atoms with Crippen LogP contribution in [0.2, 0.25) is 0 Å². The average Bonchev–Trinajstić information content (AvgIpc) is 2.15. The summed E-state index contributed by atoms with van der Waals surface area (Å²) < 4.78 is 0. The Hall–Kier alpha value is -1.16. The molecule has 0 bridgehead atoms. The minimum Gasteiger partial charge on any atom is -0.354 e. The zero-order valence-corrected chi connectivity index (χ0v) is 10.9. The SMILES string of the molecule is CCNc1ncc(CNC(C)(C)C)c(C)n1. The molecule has 0 saturated heterocycles. The van der Waals surface area contributed by atoms with Crippen LogP contribution in [0.3, 0.4) is 0 Å². The monoisotopic (exact) mass is 222 g/mol. The second-order valence-electron chi connectivity index (χ2n) is 4.94. The maximum absolute atomic E-state index is 4.40. The zero-order valence-electron chi connectivity index (χ0n) is 10.9. The molecule has 0 atom stereocenters. The van der Waals surface area contributed by atoms with Crippen LogP contribution in [0, 0.1) is 6.92 Å². The van der Waals surface area contributed by atoms with Crippen molar-refractivity contribution in [2.75, 3.05) is 11.9 Å². The Balaban J connectivity index is 2.68. The molecule has 4 nitrogen and oxygen atoms in total. The smallest absolute Gasteiger partial charge is 0.222 e. The van der Waals surface area contributed by atoms with Crippen molar-refractivity contribution in [2.24, 2.45) is 0 Å². The molecule has 0 aliphatic heterocycles. The van der Waals surface area contributed by atoms with E-state index in [1.54, 1.807) is 0 Å². The van der Waals surface area contributed by atoms with Gasteiger partial charge in [-0.3, -0.25) is 0 Å². The van der Waals surface area contributed by atoms with Crippen LogP contribution in [0.25, 0.3) is 0 Å². The summed E-state index contributed by atoms with van der Waals surface area (Å²) in [5.74, 6) is 0.708. The molecular weight excluding hydrogens is 200 g/mol. The van der Waals surface area contributed by atoms with Crippen LogP contribution in [0.15, 0.2) is 6.20 Å². The molecule has 90 valence electrons. The maximum atomic E-state index is 4.40. The van der Waals surface area contributed by atoms with Crippen molar-refractivity contribution in [3.8, 4) is 0 Å². The van der Waals surface area contributed by atoms with Crippen molar-refractivity contribution in [1.29, 1.82) is 0 Å². The summed E-state index contributed by atoms with van der Waals surface area (Å²) in [6.07, 6.45) is 1.89. The molecule has 1 aromatic rings. The largest absolute Gasteiger partial charge is 0.354 e. The van der Waals surface area contributed by atoms with Crippen LogP contribution in [-0.2, 0) is 6.54 Å². The number of rotatable bonds is 4. The Morgan fingerprint density at radius 3 is 2.50 bits per heavy atom. The number of aromatic nitrogens is 2. The highest BCUT2D eigenvalue weighted by Gasteiger charge is 2.10. The summed E-state index contributed by atoms with van der Waals surface area (Å²) in [4.78, 5) is 8.67. The second-order valence-corrected chi connectivity index (χ2v) is 4.94. The van der Waals surface area contributed by atoms with E-state index in [1.807, 2.05) is 20.0 Å². The first kappa shape index (κ1) is 12.9. The zero-order chi connectivity index (χ0) is 12.2. The molecule has 1 aromatic heterocycles. The summed E-state index contributed by atoms with van der Waals surface area (Å²) >= 11 is 0. The fourth-order valence-corrected chi connectivity index (χ4v) is 1.27. The average molecular weight is 222 g/mol. The van der Waals surface area contributed by atoms with E-state index in [4.69, 9.17) is 0 Å². The Morgan fingerprint density at radius 1 is 1.31 bits per heavy atom. The van der Waals surface area contributed by atoms with Gasteiger partial charge in [0.25, 0.3) is 0 Å². The van der Waals surface area contributed by atoms with Gasteiger partial charge in [-0.25, -0.2) is 9.97 Å². The molecule has 1 rings (SSSR count). The molecule has 0 unspecified atom stereocenters. The number of aryl methyl sites for hydroxylation is 1. The highest BCUT2D eigenvalue weighted by atomic mass is 15.1. The van der Waals surface area contributed by atoms with E-state index in [1.165, 1.54) is 0 Å². The summed E-state index contributed by atoms with van der Waals surface area (Å²) in [7, 11) is 0. The first-order valence-electron chi connectivity index (χ1n) is 5.74. The van der Waals surface area contributed by atoms with Crippen molar-refractivity contribution in [3.05, 3.63) is 17.5 Å². The van der Waals surface area contributed by atoms with Gasteiger partial charge >= 0.3 is 0 Å². The number of hydrogen-bond donors (Lipinski definition) is 2. The van der Waals surface area contributed by atoms with Crippen molar-refractivity contribution < 1.29 is 0 Å². The van der Waals surface area contributed by atoms with Crippen molar-refractivity contribution in [2.45, 2.75) is 46.7 Å². The summed E-state index contributed by atoms with van der Waals surface area (Å²) in [5.41, 5.74) is 2.30. The molecule has 0 aromatic carbocycles.